The zero-order valence-corrected chi connectivity index (χ0v) is 15.4. The number of halogens is 1. The maximum Gasteiger partial charge on any atom is 0.307 e. The van der Waals surface area contributed by atoms with Gasteiger partial charge in [-0.05, 0) is 36.6 Å². The van der Waals surface area contributed by atoms with Crippen molar-refractivity contribution in [1.29, 1.82) is 0 Å². The van der Waals surface area contributed by atoms with Gasteiger partial charge in [0.25, 0.3) is 0 Å². The number of hydrogen-bond acceptors (Lipinski definition) is 4. The maximum absolute atomic E-state index is 13.0. The van der Waals surface area contributed by atoms with Gasteiger partial charge in [-0.3, -0.25) is 4.79 Å². The van der Waals surface area contributed by atoms with Gasteiger partial charge in [0.05, 0.1) is 11.7 Å². The lowest BCUT2D eigenvalue weighted by Gasteiger charge is -2.35. The first-order valence-electron chi connectivity index (χ1n) is 8.40. The molecule has 0 aromatic heterocycles. The number of rotatable bonds is 7. The molecule has 1 aliphatic heterocycles. The smallest absolute Gasteiger partial charge is 0.307 e. The average molecular weight is 372 g/mol. The molecule has 1 N–H and O–H groups in total. The number of carbonyl (C=O) groups is 1. The van der Waals surface area contributed by atoms with Gasteiger partial charge in [-0.2, -0.15) is 4.31 Å². The molecule has 0 saturated carbocycles. The number of benzene rings is 1. The van der Waals surface area contributed by atoms with E-state index in [2.05, 4.69) is 0 Å². The predicted molar refractivity (Wildman–Crippen MR) is 94.6 cm³/mol. The quantitative estimate of drug-likeness (QED) is 0.792. The van der Waals surface area contributed by atoms with E-state index in [1.165, 1.54) is 16.4 Å². The molecule has 2 rings (SSSR count). The fraction of sp³-hybridized carbons (Fsp3) is 0.588. The lowest BCUT2D eigenvalue weighted by molar-refractivity contribution is -0.141. The fourth-order valence-electron chi connectivity index (χ4n) is 3.05. The number of anilines is 1. The normalized spacial score (nSPS) is 17.7. The van der Waals surface area contributed by atoms with Crippen molar-refractivity contribution in [3.8, 4) is 0 Å². The first-order valence-corrected chi connectivity index (χ1v) is 10.0. The Hall–Kier alpha value is -1.67. The third-order valence-electron chi connectivity index (χ3n) is 4.34. The molecule has 25 heavy (non-hydrogen) atoms. The van der Waals surface area contributed by atoms with Gasteiger partial charge < -0.3 is 10.0 Å². The molecule has 0 spiro atoms. The van der Waals surface area contributed by atoms with Gasteiger partial charge in [-0.25, -0.2) is 12.8 Å². The molecule has 1 unspecified atom stereocenters. The fourth-order valence-corrected chi connectivity index (χ4v) is 4.76. The van der Waals surface area contributed by atoms with Crippen LogP contribution in [0.4, 0.5) is 10.1 Å². The van der Waals surface area contributed by atoms with Crippen molar-refractivity contribution < 1.29 is 22.7 Å². The lowest BCUT2D eigenvalue weighted by Crippen LogP contribution is -2.50. The summed E-state index contributed by atoms with van der Waals surface area (Å²) in [6.07, 6.45) is 0.337. The van der Waals surface area contributed by atoms with Crippen LogP contribution in [0.25, 0.3) is 0 Å². The molecule has 0 aliphatic carbocycles. The topological polar surface area (TPSA) is 77.9 Å². The van der Waals surface area contributed by atoms with E-state index in [1.54, 1.807) is 12.1 Å². The summed E-state index contributed by atoms with van der Waals surface area (Å²) in [7, 11) is -3.62. The maximum atomic E-state index is 13.0. The third kappa shape index (κ3) is 5.40. The van der Waals surface area contributed by atoms with Gasteiger partial charge in [-0.1, -0.05) is 13.8 Å². The van der Waals surface area contributed by atoms with Crippen LogP contribution in [0, 0.1) is 17.7 Å². The van der Waals surface area contributed by atoms with E-state index in [-0.39, 0.29) is 17.5 Å². The number of sulfonamides is 1. The Labute approximate surface area is 148 Å². The summed E-state index contributed by atoms with van der Waals surface area (Å²) in [6.45, 7) is 5.34. The van der Waals surface area contributed by atoms with Crippen molar-refractivity contribution in [2.45, 2.75) is 20.3 Å². The van der Waals surface area contributed by atoms with E-state index in [0.717, 1.165) is 5.69 Å². The minimum atomic E-state index is -3.62. The van der Waals surface area contributed by atoms with Gasteiger partial charge in [0.2, 0.25) is 10.0 Å². The Balaban J connectivity index is 1.98. The molecular formula is C17H25FN2O4S. The van der Waals surface area contributed by atoms with Crippen LogP contribution in [0.15, 0.2) is 24.3 Å². The Morgan fingerprint density at radius 2 is 1.72 bits per heavy atom. The summed E-state index contributed by atoms with van der Waals surface area (Å²) in [6, 6.07) is 6.09. The van der Waals surface area contributed by atoms with Crippen molar-refractivity contribution in [2.75, 3.05) is 36.8 Å². The van der Waals surface area contributed by atoms with Crippen molar-refractivity contribution >= 4 is 21.7 Å². The van der Waals surface area contributed by atoms with Gasteiger partial charge in [0.15, 0.2) is 0 Å². The molecule has 8 heteroatoms. The molecule has 1 atom stereocenters. The van der Waals surface area contributed by atoms with Crippen LogP contribution in [0.1, 0.15) is 20.3 Å². The number of carboxylic acid groups (broad SMARTS) is 1. The summed E-state index contributed by atoms with van der Waals surface area (Å²) >= 11 is 0. The van der Waals surface area contributed by atoms with Crippen LogP contribution in [0.2, 0.25) is 0 Å². The second kappa shape index (κ2) is 8.14. The van der Waals surface area contributed by atoms with Crippen molar-refractivity contribution in [1.82, 2.24) is 4.31 Å². The summed E-state index contributed by atoms with van der Waals surface area (Å²) in [5.41, 5.74) is 0.849. The molecule has 0 amide bonds. The van der Waals surface area contributed by atoms with Crippen molar-refractivity contribution in [2.24, 2.45) is 11.8 Å². The molecule has 1 aromatic rings. The zero-order chi connectivity index (χ0) is 18.6. The summed E-state index contributed by atoms with van der Waals surface area (Å²) in [4.78, 5) is 13.3. The summed E-state index contributed by atoms with van der Waals surface area (Å²) in [5.74, 6) is -2.51. The Bertz CT molecular complexity index is 683. The van der Waals surface area contributed by atoms with Gasteiger partial charge in [0, 0.05) is 31.9 Å². The van der Waals surface area contributed by atoms with Crippen LogP contribution < -0.4 is 4.90 Å². The van der Waals surface area contributed by atoms with Crippen LogP contribution in [-0.2, 0) is 14.8 Å². The molecule has 1 aliphatic rings. The second-order valence-corrected chi connectivity index (χ2v) is 8.82. The van der Waals surface area contributed by atoms with E-state index in [9.17, 15) is 22.7 Å². The molecule has 1 aromatic carbocycles. The minimum absolute atomic E-state index is 0.117. The highest BCUT2D eigenvalue weighted by atomic mass is 32.2. The Kier molecular flexibility index (Phi) is 6.40. The molecule has 0 radical (unpaired) electrons. The van der Waals surface area contributed by atoms with Crippen molar-refractivity contribution in [3.63, 3.8) is 0 Å². The zero-order valence-electron chi connectivity index (χ0n) is 14.6. The Morgan fingerprint density at radius 3 is 2.20 bits per heavy atom. The highest BCUT2D eigenvalue weighted by Crippen LogP contribution is 2.21. The van der Waals surface area contributed by atoms with E-state index in [4.69, 9.17) is 0 Å². The van der Waals surface area contributed by atoms with E-state index in [1.807, 2.05) is 18.7 Å². The van der Waals surface area contributed by atoms with Crippen LogP contribution in [-0.4, -0.2) is 55.7 Å². The van der Waals surface area contributed by atoms with Gasteiger partial charge in [0.1, 0.15) is 5.82 Å². The Morgan fingerprint density at radius 1 is 1.16 bits per heavy atom. The van der Waals surface area contributed by atoms with Gasteiger partial charge in [-0.15, -0.1) is 0 Å². The van der Waals surface area contributed by atoms with Crippen LogP contribution in [0.5, 0.6) is 0 Å². The lowest BCUT2D eigenvalue weighted by atomic mass is 9.99. The molecule has 6 nitrogen and oxygen atoms in total. The standard InChI is InChI=1S/C17H25FN2O4S/c1-13(2)11-14(17(21)22)12-25(23,24)20-9-7-19(8-10-20)16-5-3-15(18)4-6-16/h3-6,13-14H,7-12H2,1-2H3,(H,21,22). The van der Waals surface area contributed by atoms with Crippen LogP contribution >= 0.6 is 0 Å². The van der Waals surface area contributed by atoms with Crippen LogP contribution in [0.3, 0.4) is 0 Å². The number of carboxylic acids is 1. The van der Waals surface area contributed by atoms with Gasteiger partial charge >= 0.3 is 5.97 Å². The monoisotopic (exact) mass is 372 g/mol. The first-order chi connectivity index (χ1) is 11.7. The predicted octanol–water partition coefficient (Wildman–Crippen LogP) is 2.02. The SMILES string of the molecule is CC(C)CC(CS(=O)(=O)N1CCN(c2ccc(F)cc2)CC1)C(=O)O. The number of hydrogen-bond donors (Lipinski definition) is 1. The van der Waals surface area contributed by atoms with Crippen molar-refractivity contribution in [3.05, 3.63) is 30.1 Å². The molecular weight excluding hydrogens is 347 g/mol. The number of aliphatic carboxylic acids is 1. The first kappa shape index (κ1) is 19.7. The molecule has 1 heterocycles. The molecule has 1 fully saturated rings. The summed E-state index contributed by atoms with van der Waals surface area (Å²) in [5, 5.41) is 9.28. The minimum Gasteiger partial charge on any atom is -0.481 e. The van der Waals surface area contributed by atoms with E-state index >= 15 is 0 Å². The largest absolute Gasteiger partial charge is 0.481 e. The highest BCUT2D eigenvalue weighted by molar-refractivity contribution is 7.89. The summed E-state index contributed by atoms with van der Waals surface area (Å²) < 4.78 is 39.5. The molecule has 1 saturated heterocycles. The second-order valence-electron chi connectivity index (χ2n) is 6.81. The van der Waals surface area contributed by atoms with E-state index < -0.39 is 21.9 Å². The highest BCUT2D eigenvalue weighted by Gasteiger charge is 2.32. The third-order valence-corrected chi connectivity index (χ3v) is 6.32. The molecule has 140 valence electrons. The average Bonchev–Trinajstić information content (AvgIpc) is 2.54. The molecule has 0 bridgehead atoms. The number of nitrogens with zero attached hydrogens (tertiary/aromatic N) is 2. The van der Waals surface area contributed by atoms with E-state index in [0.29, 0.717) is 32.6 Å². The number of piperazine rings is 1.